The summed E-state index contributed by atoms with van der Waals surface area (Å²) in [5.74, 6) is 1.64. The third-order valence-electron chi connectivity index (χ3n) is 6.06. The zero-order valence-electron chi connectivity index (χ0n) is 18.4. The van der Waals surface area contributed by atoms with Gasteiger partial charge in [0.15, 0.2) is 5.96 Å². The first-order valence-electron chi connectivity index (χ1n) is 10.8. The second-order valence-electron chi connectivity index (χ2n) is 8.38. The summed E-state index contributed by atoms with van der Waals surface area (Å²) in [6, 6.07) is 14.5. The first kappa shape index (κ1) is 20.2. The quantitative estimate of drug-likeness (QED) is 0.378. The molecular weight excluding hydrogens is 400 g/mol. The van der Waals surface area contributed by atoms with E-state index in [2.05, 4.69) is 56.7 Å². The van der Waals surface area contributed by atoms with Crippen LogP contribution in [0.15, 0.2) is 72.1 Å². The Morgan fingerprint density at radius 1 is 1.09 bits per heavy atom. The number of hydrogen-bond acceptors (Lipinski definition) is 5. The molecule has 0 fully saturated rings. The van der Waals surface area contributed by atoms with Crippen LogP contribution in [0.25, 0.3) is 21.8 Å². The molecule has 7 heteroatoms. The first-order valence-corrected chi connectivity index (χ1v) is 10.8. The Morgan fingerprint density at radius 2 is 1.97 bits per heavy atom. The molecule has 5 rings (SSSR count). The fourth-order valence-corrected chi connectivity index (χ4v) is 4.25. The molecule has 0 spiro atoms. The number of rotatable bonds is 6. The number of aromatic amines is 2. The highest BCUT2D eigenvalue weighted by Crippen LogP contribution is 2.24. The van der Waals surface area contributed by atoms with E-state index in [1.165, 1.54) is 16.3 Å². The second-order valence-corrected chi connectivity index (χ2v) is 8.38. The fraction of sp³-hybridized carbons (Fsp3) is 0.240. The third-order valence-corrected chi connectivity index (χ3v) is 6.06. The van der Waals surface area contributed by atoms with Crippen molar-refractivity contribution in [1.82, 2.24) is 20.2 Å². The van der Waals surface area contributed by atoms with E-state index < -0.39 is 5.66 Å². The number of aliphatic imine (C=N–C) groups is 1. The molecule has 0 radical (unpaired) electrons. The maximum Gasteiger partial charge on any atom is 0.199 e. The number of nitrogens with one attached hydrogen (secondary N) is 3. The molecule has 0 saturated heterocycles. The SMILES string of the molecule is COc1ccc2[nH]cc(CCN(C)C3=NC(N)(Cc4ccc5[nH]ccc5c4)C=CN3)c2c1. The van der Waals surface area contributed by atoms with Gasteiger partial charge in [0.1, 0.15) is 11.4 Å². The number of aromatic nitrogens is 2. The number of guanidine groups is 1. The summed E-state index contributed by atoms with van der Waals surface area (Å²) in [6.45, 7) is 0.801. The summed E-state index contributed by atoms with van der Waals surface area (Å²) in [6.07, 6.45) is 9.34. The van der Waals surface area contributed by atoms with E-state index in [0.717, 1.165) is 41.3 Å². The van der Waals surface area contributed by atoms with Gasteiger partial charge in [-0.25, -0.2) is 4.99 Å². The first-order chi connectivity index (χ1) is 15.5. The van der Waals surface area contributed by atoms with Crippen LogP contribution in [0.4, 0.5) is 0 Å². The molecule has 1 aliphatic heterocycles. The summed E-state index contributed by atoms with van der Waals surface area (Å²) in [5.41, 5.74) is 10.5. The molecule has 164 valence electrons. The minimum absolute atomic E-state index is 0.631. The number of benzene rings is 2. The van der Waals surface area contributed by atoms with Crippen LogP contribution in [0.1, 0.15) is 11.1 Å². The van der Waals surface area contributed by atoms with Gasteiger partial charge in [-0.3, -0.25) is 0 Å². The predicted molar refractivity (Wildman–Crippen MR) is 130 cm³/mol. The molecular formula is C25H28N6O. The van der Waals surface area contributed by atoms with E-state index in [9.17, 15) is 0 Å². The lowest BCUT2D eigenvalue weighted by atomic mass is 9.99. The summed E-state index contributed by atoms with van der Waals surface area (Å²) in [5, 5.41) is 5.62. The zero-order chi connectivity index (χ0) is 22.1. The van der Waals surface area contributed by atoms with Crippen LogP contribution >= 0.6 is 0 Å². The smallest absolute Gasteiger partial charge is 0.199 e. The lowest BCUT2D eigenvalue weighted by Crippen LogP contribution is -2.48. The van der Waals surface area contributed by atoms with Crippen molar-refractivity contribution in [3.63, 3.8) is 0 Å². The van der Waals surface area contributed by atoms with Gasteiger partial charge in [-0.05, 0) is 65.4 Å². The largest absolute Gasteiger partial charge is 0.497 e. The Labute approximate surface area is 187 Å². The molecule has 7 nitrogen and oxygen atoms in total. The van der Waals surface area contributed by atoms with Crippen LogP contribution in [0.3, 0.4) is 0 Å². The number of nitrogens with zero attached hydrogens (tertiary/aromatic N) is 2. The number of nitrogens with two attached hydrogens (primary N) is 1. The molecule has 32 heavy (non-hydrogen) atoms. The Bertz CT molecular complexity index is 1320. The molecule has 2 aromatic heterocycles. The highest BCUT2D eigenvalue weighted by Gasteiger charge is 2.26. The molecule has 0 bridgehead atoms. The van der Waals surface area contributed by atoms with E-state index in [1.807, 2.05) is 37.7 Å². The fourth-order valence-electron chi connectivity index (χ4n) is 4.25. The topological polar surface area (TPSA) is 94.5 Å². The van der Waals surface area contributed by atoms with Crippen molar-refractivity contribution < 1.29 is 4.74 Å². The average molecular weight is 429 g/mol. The molecule has 1 aliphatic rings. The van der Waals surface area contributed by atoms with Crippen molar-refractivity contribution in [3.05, 3.63) is 78.3 Å². The third kappa shape index (κ3) is 3.94. The summed E-state index contributed by atoms with van der Waals surface area (Å²) < 4.78 is 5.38. The Morgan fingerprint density at radius 3 is 2.84 bits per heavy atom. The summed E-state index contributed by atoms with van der Waals surface area (Å²) in [4.78, 5) is 13.5. The number of hydrogen-bond donors (Lipinski definition) is 4. The van der Waals surface area contributed by atoms with Crippen molar-refractivity contribution in [1.29, 1.82) is 0 Å². The van der Waals surface area contributed by atoms with Crippen LogP contribution in [-0.4, -0.2) is 47.2 Å². The molecule has 1 atom stereocenters. The van der Waals surface area contributed by atoms with Crippen molar-refractivity contribution in [2.75, 3.05) is 20.7 Å². The minimum Gasteiger partial charge on any atom is -0.497 e. The van der Waals surface area contributed by atoms with E-state index >= 15 is 0 Å². The second kappa shape index (κ2) is 8.09. The van der Waals surface area contributed by atoms with E-state index in [1.54, 1.807) is 7.11 Å². The molecule has 0 amide bonds. The van der Waals surface area contributed by atoms with Gasteiger partial charge in [0, 0.05) is 55.0 Å². The van der Waals surface area contributed by atoms with E-state index in [0.29, 0.717) is 6.42 Å². The van der Waals surface area contributed by atoms with Crippen LogP contribution in [-0.2, 0) is 12.8 Å². The minimum atomic E-state index is -0.785. The van der Waals surface area contributed by atoms with Gasteiger partial charge in [-0.1, -0.05) is 6.07 Å². The van der Waals surface area contributed by atoms with Crippen LogP contribution in [0.5, 0.6) is 5.75 Å². The lowest BCUT2D eigenvalue weighted by Gasteiger charge is -2.30. The summed E-state index contributed by atoms with van der Waals surface area (Å²) >= 11 is 0. The highest BCUT2D eigenvalue weighted by molar-refractivity contribution is 5.85. The monoisotopic (exact) mass is 428 g/mol. The van der Waals surface area contributed by atoms with Crippen molar-refractivity contribution >= 4 is 27.8 Å². The molecule has 0 aliphatic carbocycles. The van der Waals surface area contributed by atoms with Gasteiger partial charge < -0.3 is 30.7 Å². The Kier molecular flexibility index (Phi) is 5.11. The Hall–Kier alpha value is -3.71. The van der Waals surface area contributed by atoms with Gasteiger partial charge in [0.2, 0.25) is 0 Å². The van der Waals surface area contributed by atoms with Crippen molar-refractivity contribution in [2.24, 2.45) is 10.7 Å². The maximum absolute atomic E-state index is 6.67. The molecule has 3 heterocycles. The normalized spacial score (nSPS) is 18.0. The number of methoxy groups -OCH3 is 1. The number of fused-ring (bicyclic) bond motifs is 2. The average Bonchev–Trinajstić information content (AvgIpc) is 3.43. The molecule has 1 unspecified atom stereocenters. The number of H-pyrrole nitrogens is 2. The van der Waals surface area contributed by atoms with Crippen molar-refractivity contribution in [2.45, 2.75) is 18.5 Å². The lowest BCUT2D eigenvalue weighted by molar-refractivity contribution is 0.415. The predicted octanol–water partition coefficient (Wildman–Crippen LogP) is 3.50. The van der Waals surface area contributed by atoms with E-state index in [-0.39, 0.29) is 0 Å². The van der Waals surface area contributed by atoms with Crippen LogP contribution < -0.4 is 15.8 Å². The van der Waals surface area contributed by atoms with Gasteiger partial charge in [-0.15, -0.1) is 0 Å². The Balaban J connectivity index is 1.29. The van der Waals surface area contributed by atoms with Crippen LogP contribution in [0.2, 0.25) is 0 Å². The molecule has 2 aromatic carbocycles. The van der Waals surface area contributed by atoms with Gasteiger partial charge in [0.05, 0.1) is 7.11 Å². The van der Waals surface area contributed by atoms with Crippen molar-refractivity contribution in [3.8, 4) is 5.75 Å². The van der Waals surface area contributed by atoms with Crippen LogP contribution in [0, 0.1) is 0 Å². The zero-order valence-corrected chi connectivity index (χ0v) is 18.4. The maximum atomic E-state index is 6.67. The number of likely N-dealkylation sites (N-methyl/N-ethyl adjacent to an activating group) is 1. The standard InChI is InChI=1S/C25H28N6O/c1-31(12-8-19-16-29-23-6-4-20(32-2)14-21(19)23)24-28-11-9-25(26,30-24)15-17-3-5-22-18(13-17)7-10-27-22/h3-7,9-11,13-14,16,27,29H,8,12,15,26H2,1-2H3,(H,28,30). The molecule has 5 N–H and O–H groups in total. The van der Waals surface area contributed by atoms with Gasteiger partial charge >= 0.3 is 0 Å². The highest BCUT2D eigenvalue weighted by atomic mass is 16.5. The number of ether oxygens (including phenoxy) is 1. The summed E-state index contributed by atoms with van der Waals surface area (Å²) in [7, 11) is 3.73. The van der Waals surface area contributed by atoms with Gasteiger partial charge in [0.25, 0.3) is 0 Å². The van der Waals surface area contributed by atoms with E-state index in [4.69, 9.17) is 15.5 Å². The van der Waals surface area contributed by atoms with Gasteiger partial charge in [-0.2, -0.15) is 0 Å². The molecule has 0 saturated carbocycles. The molecule has 4 aromatic rings.